The van der Waals surface area contributed by atoms with Crippen LogP contribution in [0.4, 0.5) is 4.79 Å². The van der Waals surface area contributed by atoms with Gasteiger partial charge >= 0.3 is 6.03 Å². The molecular formula is C30H29Cl2N5O4. The number of carbonyl (C=O) groups is 2. The van der Waals surface area contributed by atoms with Gasteiger partial charge in [-0.05, 0) is 43.2 Å². The molecule has 9 nitrogen and oxygen atoms in total. The smallest absolute Gasteiger partial charge is 0.326 e. The first-order valence-electron chi connectivity index (χ1n) is 13.3. The highest BCUT2D eigenvalue weighted by atomic mass is 35.5. The van der Waals surface area contributed by atoms with Crippen molar-refractivity contribution in [3.8, 4) is 17.6 Å². The zero-order valence-electron chi connectivity index (χ0n) is 22.6. The highest BCUT2D eigenvalue weighted by molar-refractivity contribution is 6.31. The summed E-state index contributed by atoms with van der Waals surface area (Å²) in [6.07, 6.45) is 6.33. The minimum Gasteiger partial charge on any atom is -0.495 e. The zero-order chi connectivity index (χ0) is 29.1. The van der Waals surface area contributed by atoms with Crippen LogP contribution in [0.25, 0.3) is 0 Å². The van der Waals surface area contributed by atoms with Crippen LogP contribution in [0.1, 0.15) is 36.1 Å². The first-order chi connectivity index (χ1) is 19.8. The summed E-state index contributed by atoms with van der Waals surface area (Å²) < 4.78 is 11.4. The van der Waals surface area contributed by atoms with E-state index in [0.717, 1.165) is 5.56 Å². The molecule has 1 N–H and O–H groups in total. The van der Waals surface area contributed by atoms with Gasteiger partial charge in [0.1, 0.15) is 29.9 Å². The lowest BCUT2D eigenvalue weighted by Gasteiger charge is -2.38. The highest BCUT2D eigenvalue weighted by Crippen LogP contribution is 2.43. The Morgan fingerprint density at radius 2 is 2.00 bits per heavy atom. The number of nitrogens with zero attached hydrogens (tertiary/aromatic N) is 4. The van der Waals surface area contributed by atoms with Crippen molar-refractivity contribution in [3.63, 3.8) is 0 Å². The number of carbonyl (C=O) groups excluding carboxylic acids is 2. The Balaban J connectivity index is 1.71. The molecule has 1 unspecified atom stereocenters. The van der Waals surface area contributed by atoms with Crippen LogP contribution in [0.3, 0.4) is 0 Å². The number of urea groups is 1. The number of amidine groups is 1. The van der Waals surface area contributed by atoms with E-state index >= 15 is 0 Å². The molecule has 0 aromatic heterocycles. The molecule has 2 aromatic rings. The number of methoxy groups -OCH3 is 1. The fraction of sp³-hybridized carbons (Fsp3) is 0.333. The molecule has 3 atom stereocenters. The molecule has 5 rings (SSSR count). The SMILES string of the molecule is CCOc1cc(OC)c(C#N)cc1C1=N[C@@H](c2ccc(Cl)cc2)[C@@H](C2C=CC(Cl)=CC2)N1C(=O)N1CCNC(=O)C1. The average molecular weight is 594 g/mol. The number of ether oxygens (including phenoxy) is 2. The number of nitrogens with one attached hydrogen (secondary N) is 1. The second kappa shape index (κ2) is 12.2. The van der Waals surface area contributed by atoms with Crippen molar-refractivity contribution < 1.29 is 19.1 Å². The van der Waals surface area contributed by atoms with Gasteiger partial charge in [-0.25, -0.2) is 4.79 Å². The number of hydrogen-bond acceptors (Lipinski definition) is 6. The van der Waals surface area contributed by atoms with Gasteiger partial charge in [0.15, 0.2) is 0 Å². The fourth-order valence-corrected chi connectivity index (χ4v) is 5.70. The van der Waals surface area contributed by atoms with Crippen molar-refractivity contribution in [2.45, 2.75) is 25.4 Å². The first kappa shape index (κ1) is 28.5. The second-order valence-electron chi connectivity index (χ2n) is 9.80. The maximum Gasteiger partial charge on any atom is 0.326 e. The van der Waals surface area contributed by atoms with Crippen LogP contribution in [0.5, 0.6) is 11.5 Å². The lowest BCUT2D eigenvalue weighted by molar-refractivity contribution is -0.123. The van der Waals surface area contributed by atoms with Crippen LogP contribution in [0.2, 0.25) is 5.02 Å². The van der Waals surface area contributed by atoms with Crippen LogP contribution in [0, 0.1) is 17.2 Å². The maximum atomic E-state index is 14.4. The second-order valence-corrected chi connectivity index (χ2v) is 10.7. The largest absolute Gasteiger partial charge is 0.495 e. The number of rotatable bonds is 6. The Kier molecular flexibility index (Phi) is 8.52. The van der Waals surface area contributed by atoms with E-state index in [9.17, 15) is 14.9 Å². The standard InChI is InChI=1S/C30H29Cl2N5O4/c1-3-41-25-15-24(40-2)20(16-33)14-23(25)29-35-27(18-4-8-21(31)9-5-18)28(19-6-10-22(32)11-7-19)37(29)30(39)36-13-12-34-26(38)17-36/h4-6,8-11,14-15,19,27-28H,3,7,12-13,17H2,1-2H3,(H,34,38)/t19?,27-,28+/m0/s1. The van der Waals surface area contributed by atoms with Crippen molar-refractivity contribution >= 4 is 41.0 Å². The minimum absolute atomic E-state index is 0.0719. The third-order valence-corrected chi connectivity index (χ3v) is 7.86. The zero-order valence-corrected chi connectivity index (χ0v) is 24.2. The van der Waals surface area contributed by atoms with E-state index < -0.39 is 12.1 Å². The Morgan fingerprint density at radius 3 is 2.63 bits per heavy atom. The third kappa shape index (κ3) is 5.76. The van der Waals surface area contributed by atoms with E-state index in [-0.39, 0.29) is 30.0 Å². The lowest BCUT2D eigenvalue weighted by Crippen LogP contribution is -2.57. The van der Waals surface area contributed by atoms with Gasteiger partial charge in [-0.2, -0.15) is 5.26 Å². The molecule has 2 aromatic carbocycles. The molecule has 11 heteroatoms. The van der Waals surface area contributed by atoms with E-state index in [0.29, 0.717) is 59.1 Å². The quantitative estimate of drug-likeness (QED) is 0.505. The van der Waals surface area contributed by atoms with Crippen molar-refractivity contribution in [2.75, 3.05) is 33.4 Å². The fourth-order valence-electron chi connectivity index (χ4n) is 5.41. The predicted molar refractivity (Wildman–Crippen MR) is 156 cm³/mol. The normalized spacial score (nSPS) is 22.0. The molecule has 2 heterocycles. The average Bonchev–Trinajstić information content (AvgIpc) is 3.37. The predicted octanol–water partition coefficient (Wildman–Crippen LogP) is 5.04. The number of aliphatic imine (C=N–C) groups is 1. The Bertz CT molecular complexity index is 1480. The molecular weight excluding hydrogens is 565 g/mol. The minimum atomic E-state index is -0.480. The summed E-state index contributed by atoms with van der Waals surface area (Å²) in [7, 11) is 1.48. The highest BCUT2D eigenvalue weighted by Gasteiger charge is 2.47. The Morgan fingerprint density at radius 1 is 1.22 bits per heavy atom. The van der Waals surface area contributed by atoms with Crippen LogP contribution in [-0.4, -0.2) is 67.0 Å². The molecule has 1 fully saturated rings. The number of piperazine rings is 1. The van der Waals surface area contributed by atoms with Crippen LogP contribution >= 0.6 is 23.2 Å². The number of amides is 3. The summed E-state index contributed by atoms with van der Waals surface area (Å²) in [5, 5.41) is 13.9. The first-order valence-corrected chi connectivity index (χ1v) is 14.1. The summed E-state index contributed by atoms with van der Waals surface area (Å²) in [4.78, 5) is 35.0. The van der Waals surface area contributed by atoms with Crippen molar-refractivity contribution in [2.24, 2.45) is 10.9 Å². The molecule has 3 aliphatic rings. The topological polar surface area (TPSA) is 107 Å². The summed E-state index contributed by atoms with van der Waals surface area (Å²) in [6, 6.07) is 11.5. The molecule has 0 spiro atoms. The van der Waals surface area contributed by atoms with E-state index in [1.807, 2.05) is 37.3 Å². The van der Waals surface area contributed by atoms with Gasteiger partial charge in [0.25, 0.3) is 0 Å². The van der Waals surface area contributed by atoms with E-state index in [2.05, 4.69) is 11.4 Å². The summed E-state index contributed by atoms with van der Waals surface area (Å²) >= 11 is 12.5. The molecule has 41 heavy (non-hydrogen) atoms. The number of halogens is 2. The molecule has 2 aliphatic heterocycles. The van der Waals surface area contributed by atoms with Gasteiger partial charge in [-0.3, -0.25) is 14.7 Å². The molecule has 212 valence electrons. The van der Waals surface area contributed by atoms with Crippen LogP contribution in [0.15, 0.2) is 64.7 Å². The summed E-state index contributed by atoms with van der Waals surface area (Å²) in [6.45, 7) is 2.82. The number of allylic oxidation sites excluding steroid dienone is 3. The monoisotopic (exact) mass is 593 g/mol. The van der Waals surface area contributed by atoms with E-state index in [4.69, 9.17) is 37.7 Å². The van der Waals surface area contributed by atoms with Gasteiger partial charge in [0.05, 0.1) is 36.9 Å². The van der Waals surface area contributed by atoms with E-state index in [1.165, 1.54) is 12.0 Å². The molecule has 0 radical (unpaired) electrons. The Hall–Kier alpha value is -4.00. The number of benzene rings is 2. The van der Waals surface area contributed by atoms with Gasteiger partial charge in [0.2, 0.25) is 5.91 Å². The maximum absolute atomic E-state index is 14.4. The van der Waals surface area contributed by atoms with E-state index in [1.54, 1.807) is 29.2 Å². The van der Waals surface area contributed by atoms with Gasteiger partial charge < -0.3 is 19.7 Å². The third-order valence-electron chi connectivity index (χ3n) is 7.33. The summed E-state index contributed by atoms with van der Waals surface area (Å²) in [5.74, 6) is 0.749. The van der Waals surface area contributed by atoms with Crippen molar-refractivity contribution in [3.05, 3.63) is 81.4 Å². The number of nitriles is 1. The summed E-state index contributed by atoms with van der Waals surface area (Å²) in [5.41, 5.74) is 1.62. The van der Waals surface area contributed by atoms with Gasteiger partial charge in [0, 0.05) is 35.1 Å². The lowest BCUT2D eigenvalue weighted by atomic mass is 9.85. The van der Waals surface area contributed by atoms with Crippen LogP contribution in [-0.2, 0) is 4.79 Å². The van der Waals surface area contributed by atoms with Crippen LogP contribution < -0.4 is 14.8 Å². The Labute approximate surface area is 248 Å². The van der Waals surface area contributed by atoms with Crippen molar-refractivity contribution in [1.82, 2.24) is 15.1 Å². The van der Waals surface area contributed by atoms with Gasteiger partial charge in [-0.15, -0.1) is 0 Å². The van der Waals surface area contributed by atoms with Gasteiger partial charge in [-0.1, -0.05) is 47.5 Å². The molecule has 1 aliphatic carbocycles. The number of hydrogen-bond donors (Lipinski definition) is 1. The molecule has 1 saturated heterocycles. The molecule has 3 amide bonds. The van der Waals surface area contributed by atoms with Crippen molar-refractivity contribution in [1.29, 1.82) is 5.26 Å². The molecule has 0 saturated carbocycles. The molecule has 0 bridgehead atoms.